The molecule has 0 aliphatic rings. The number of benzene rings is 3. The van der Waals surface area contributed by atoms with E-state index in [1.54, 1.807) is 36.5 Å². The van der Waals surface area contributed by atoms with Gasteiger partial charge in [-0.3, -0.25) is 14.6 Å². The molecule has 3 aromatic carbocycles. The van der Waals surface area contributed by atoms with Gasteiger partial charge >= 0.3 is 0 Å². The first-order valence-electron chi connectivity index (χ1n) is 9.99. The molecule has 1 aromatic heterocycles. The van der Waals surface area contributed by atoms with Crippen molar-refractivity contribution in [3.05, 3.63) is 126 Å². The summed E-state index contributed by atoms with van der Waals surface area (Å²) in [6.45, 7) is 0. The van der Waals surface area contributed by atoms with Crippen molar-refractivity contribution in [2.75, 3.05) is 0 Å². The Morgan fingerprint density at radius 3 is 1.87 bits per heavy atom. The van der Waals surface area contributed by atoms with E-state index in [1.165, 1.54) is 6.07 Å². The Balaban J connectivity index is 1.86. The van der Waals surface area contributed by atoms with Gasteiger partial charge in [0.05, 0.1) is 17.8 Å². The van der Waals surface area contributed by atoms with E-state index < -0.39 is 25.2 Å². The van der Waals surface area contributed by atoms with Crippen molar-refractivity contribution in [2.45, 2.75) is 12.1 Å². The summed E-state index contributed by atoms with van der Waals surface area (Å²) >= 11 is 0. The largest absolute Gasteiger partial charge is 0.321 e. The molecule has 0 fully saturated rings. The molecule has 31 heavy (non-hydrogen) atoms. The zero-order valence-corrected chi connectivity index (χ0v) is 17.7. The maximum absolute atomic E-state index is 14.9. The quantitative estimate of drug-likeness (QED) is 0.424. The maximum Gasteiger partial charge on any atom is 0.205 e. The third-order valence-corrected chi connectivity index (χ3v) is 7.88. The summed E-state index contributed by atoms with van der Waals surface area (Å²) in [4.78, 5) is 4.35. The normalized spacial score (nSPS) is 13.5. The second-order valence-electron chi connectivity index (χ2n) is 7.19. The predicted octanol–water partition coefficient (Wildman–Crippen LogP) is 4.48. The van der Waals surface area contributed by atoms with Crippen LogP contribution in [0.1, 0.15) is 23.3 Å². The SMILES string of the molecule is N[C@@H](c1ccccn1)[C@H](NP(=O)(c1ccccc1)c1ccccc1)c1ccccc1F. The number of hydrogen-bond acceptors (Lipinski definition) is 3. The molecule has 4 rings (SSSR count). The highest BCUT2D eigenvalue weighted by Crippen LogP contribution is 2.44. The van der Waals surface area contributed by atoms with Gasteiger partial charge in [0.15, 0.2) is 0 Å². The molecular formula is C25H23FN3OP. The summed E-state index contributed by atoms with van der Waals surface area (Å²) < 4.78 is 29.4. The van der Waals surface area contributed by atoms with Crippen LogP contribution in [0.5, 0.6) is 0 Å². The summed E-state index contributed by atoms with van der Waals surface area (Å²) in [5, 5.41) is 4.51. The highest BCUT2D eigenvalue weighted by molar-refractivity contribution is 7.76. The van der Waals surface area contributed by atoms with Crippen LogP contribution < -0.4 is 21.4 Å². The number of pyridine rings is 1. The fraction of sp³-hybridized carbons (Fsp3) is 0.0800. The molecule has 4 nitrogen and oxygen atoms in total. The van der Waals surface area contributed by atoms with E-state index in [0.717, 1.165) is 0 Å². The van der Waals surface area contributed by atoms with Crippen LogP contribution in [0.25, 0.3) is 0 Å². The van der Waals surface area contributed by atoms with Crippen LogP contribution in [-0.2, 0) is 4.57 Å². The Kier molecular flexibility index (Phi) is 6.38. The minimum atomic E-state index is -3.36. The number of aromatic nitrogens is 1. The van der Waals surface area contributed by atoms with Crippen LogP contribution in [0.4, 0.5) is 4.39 Å². The van der Waals surface area contributed by atoms with E-state index in [4.69, 9.17) is 5.73 Å². The fourth-order valence-electron chi connectivity index (χ4n) is 3.58. The number of rotatable bonds is 7. The van der Waals surface area contributed by atoms with Gasteiger partial charge in [0.25, 0.3) is 0 Å². The van der Waals surface area contributed by atoms with Gasteiger partial charge < -0.3 is 5.73 Å². The molecule has 0 unspecified atom stereocenters. The van der Waals surface area contributed by atoms with Crippen molar-refractivity contribution in [1.82, 2.24) is 10.1 Å². The number of nitrogens with one attached hydrogen (secondary N) is 1. The first kappa shape index (κ1) is 21.1. The highest BCUT2D eigenvalue weighted by atomic mass is 31.2. The van der Waals surface area contributed by atoms with Gasteiger partial charge in [0.2, 0.25) is 7.29 Å². The average Bonchev–Trinajstić information content (AvgIpc) is 2.84. The Bertz CT molecular complexity index is 1130. The highest BCUT2D eigenvalue weighted by Gasteiger charge is 2.35. The predicted molar refractivity (Wildman–Crippen MR) is 123 cm³/mol. The Morgan fingerprint density at radius 1 is 0.774 bits per heavy atom. The third-order valence-electron chi connectivity index (χ3n) is 5.19. The van der Waals surface area contributed by atoms with Gasteiger partial charge in [-0.25, -0.2) is 4.39 Å². The maximum atomic E-state index is 14.9. The zero-order chi connectivity index (χ0) is 21.7. The van der Waals surface area contributed by atoms with Crippen molar-refractivity contribution in [2.24, 2.45) is 5.73 Å². The molecule has 0 saturated heterocycles. The summed E-state index contributed by atoms with van der Waals surface area (Å²) in [5.41, 5.74) is 7.51. The molecule has 2 atom stereocenters. The van der Waals surface area contributed by atoms with Crippen LogP contribution in [0.2, 0.25) is 0 Å². The smallest absolute Gasteiger partial charge is 0.205 e. The zero-order valence-electron chi connectivity index (χ0n) is 16.8. The van der Waals surface area contributed by atoms with E-state index in [2.05, 4.69) is 10.1 Å². The molecule has 0 radical (unpaired) electrons. The molecule has 1 heterocycles. The summed E-state index contributed by atoms with van der Waals surface area (Å²) in [6, 6.07) is 28.6. The van der Waals surface area contributed by atoms with Crippen LogP contribution in [0, 0.1) is 5.82 Å². The first-order chi connectivity index (χ1) is 15.1. The number of nitrogens with two attached hydrogens (primary N) is 1. The first-order valence-corrected chi connectivity index (χ1v) is 11.7. The van der Waals surface area contributed by atoms with Gasteiger partial charge in [-0.2, -0.15) is 0 Å². The van der Waals surface area contributed by atoms with Crippen molar-refractivity contribution in [1.29, 1.82) is 0 Å². The minimum absolute atomic E-state index is 0.341. The summed E-state index contributed by atoms with van der Waals surface area (Å²) in [7, 11) is -3.36. The van der Waals surface area contributed by atoms with Crippen LogP contribution in [-0.4, -0.2) is 4.98 Å². The molecule has 0 saturated carbocycles. The van der Waals surface area contributed by atoms with E-state index in [0.29, 0.717) is 21.9 Å². The molecule has 0 bridgehead atoms. The second kappa shape index (κ2) is 9.36. The van der Waals surface area contributed by atoms with Crippen molar-refractivity contribution in [3.8, 4) is 0 Å². The standard InChI is InChI=1S/C25H23FN3OP/c26-22-16-8-7-15-21(22)25(24(27)23-17-9-10-18-28-23)29-31(30,19-11-3-1-4-12-19)20-13-5-2-6-14-20/h1-18,24-25H,27H2,(H,29,30)/t24-,25+/m0/s1. The van der Waals surface area contributed by atoms with Crippen molar-refractivity contribution < 1.29 is 8.96 Å². The van der Waals surface area contributed by atoms with Crippen LogP contribution in [0.3, 0.4) is 0 Å². The van der Waals surface area contributed by atoms with Crippen LogP contribution >= 0.6 is 7.29 Å². The van der Waals surface area contributed by atoms with E-state index in [1.807, 2.05) is 66.7 Å². The van der Waals surface area contributed by atoms with E-state index >= 15 is 0 Å². The van der Waals surface area contributed by atoms with Gasteiger partial charge in [0.1, 0.15) is 5.82 Å². The second-order valence-corrected chi connectivity index (χ2v) is 9.70. The Hall–Kier alpha value is -3.11. The molecule has 0 spiro atoms. The molecule has 0 aliphatic carbocycles. The third kappa shape index (κ3) is 4.49. The molecule has 0 aliphatic heterocycles. The number of hydrogen-bond donors (Lipinski definition) is 2. The van der Waals surface area contributed by atoms with Gasteiger partial charge in [0, 0.05) is 22.4 Å². The summed E-state index contributed by atoms with van der Waals surface area (Å²) in [5.74, 6) is -0.418. The number of halogens is 1. The molecule has 4 aromatic rings. The van der Waals surface area contributed by atoms with Crippen molar-refractivity contribution >= 4 is 17.9 Å². The monoisotopic (exact) mass is 431 g/mol. The molecule has 6 heteroatoms. The van der Waals surface area contributed by atoms with Gasteiger partial charge in [-0.05, 0) is 42.5 Å². The molecular weight excluding hydrogens is 408 g/mol. The van der Waals surface area contributed by atoms with Crippen molar-refractivity contribution in [3.63, 3.8) is 0 Å². The van der Waals surface area contributed by atoms with E-state index in [9.17, 15) is 8.96 Å². The average molecular weight is 431 g/mol. The lowest BCUT2D eigenvalue weighted by Gasteiger charge is -2.31. The Labute approximate surface area is 181 Å². The molecule has 0 amide bonds. The molecule has 3 N–H and O–H groups in total. The topological polar surface area (TPSA) is 68.0 Å². The lowest BCUT2D eigenvalue weighted by molar-refractivity contribution is 0.480. The van der Waals surface area contributed by atoms with Crippen LogP contribution in [0.15, 0.2) is 109 Å². The Morgan fingerprint density at radius 2 is 1.32 bits per heavy atom. The fourth-order valence-corrected chi connectivity index (χ4v) is 6.06. The van der Waals surface area contributed by atoms with Gasteiger partial charge in [-0.15, -0.1) is 0 Å². The summed E-state index contributed by atoms with van der Waals surface area (Å²) in [6.07, 6.45) is 1.64. The van der Waals surface area contributed by atoms with E-state index in [-0.39, 0.29) is 0 Å². The number of nitrogens with zero attached hydrogens (tertiary/aromatic N) is 1. The lowest BCUT2D eigenvalue weighted by atomic mass is 9.97. The van der Waals surface area contributed by atoms with Gasteiger partial charge in [-0.1, -0.05) is 60.7 Å². The minimum Gasteiger partial charge on any atom is -0.321 e. The molecule has 156 valence electrons. The lowest BCUT2D eigenvalue weighted by Crippen LogP contribution is -2.36.